The summed E-state index contributed by atoms with van der Waals surface area (Å²) in [7, 11) is 3.19. The van der Waals surface area contributed by atoms with E-state index in [0.717, 1.165) is 11.1 Å². The Morgan fingerprint density at radius 2 is 1.68 bits per heavy atom. The summed E-state index contributed by atoms with van der Waals surface area (Å²) in [6.07, 6.45) is 0. The van der Waals surface area contributed by atoms with Crippen molar-refractivity contribution in [3.63, 3.8) is 0 Å². The van der Waals surface area contributed by atoms with E-state index in [2.05, 4.69) is 5.32 Å². The molecule has 22 heavy (non-hydrogen) atoms. The molecular formula is C18H21NO3. The van der Waals surface area contributed by atoms with Crippen molar-refractivity contribution in [1.29, 1.82) is 0 Å². The minimum absolute atomic E-state index is 0.0853. The zero-order valence-corrected chi connectivity index (χ0v) is 13.4. The SMILES string of the molecule is COc1ccc(CNC(=O)c2ccc(C)c(C)c2)cc1OC. The van der Waals surface area contributed by atoms with Crippen molar-refractivity contribution in [2.45, 2.75) is 20.4 Å². The largest absolute Gasteiger partial charge is 0.493 e. The molecule has 4 nitrogen and oxygen atoms in total. The highest BCUT2D eigenvalue weighted by molar-refractivity contribution is 5.94. The molecule has 0 fully saturated rings. The Labute approximate surface area is 131 Å². The third-order valence-corrected chi connectivity index (χ3v) is 3.67. The molecule has 1 amide bonds. The fourth-order valence-electron chi connectivity index (χ4n) is 2.16. The van der Waals surface area contributed by atoms with Gasteiger partial charge in [-0.2, -0.15) is 0 Å². The number of benzene rings is 2. The number of aryl methyl sites for hydroxylation is 2. The molecule has 0 aliphatic carbocycles. The molecule has 2 aromatic rings. The number of rotatable bonds is 5. The third-order valence-electron chi connectivity index (χ3n) is 3.67. The van der Waals surface area contributed by atoms with Crippen molar-refractivity contribution in [1.82, 2.24) is 5.32 Å². The van der Waals surface area contributed by atoms with E-state index in [-0.39, 0.29) is 5.91 Å². The van der Waals surface area contributed by atoms with Gasteiger partial charge in [0.15, 0.2) is 11.5 Å². The van der Waals surface area contributed by atoms with E-state index in [1.54, 1.807) is 14.2 Å². The zero-order chi connectivity index (χ0) is 16.1. The van der Waals surface area contributed by atoms with Crippen LogP contribution in [-0.4, -0.2) is 20.1 Å². The summed E-state index contributed by atoms with van der Waals surface area (Å²) in [6, 6.07) is 11.3. The highest BCUT2D eigenvalue weighted by Gasteiger charge is 2.08. The van der Waals surface area contributed by atoms with Crippen molar-refractivity contribution in [3.05, 3.63) is 58.7 Å². The first kappa shape index (κ1) is 15.9. The first-order valence-corrected chi connectivity index (χ1v) is 7.11. The Morgan fingerprint density at radius 1 is 0.955 bits per heavy atom. The summed E-state index contributed by atoms with van der Waals surface area (Å²) >= 11 is 0. The van der Waals surface area contributed by atoms with Gasteiger partial charge in [0.25, 0.3) is 5.91 Å². The van der Waals surface area contributed by atoms with E-state index in [1.165, 1.54) is 5.56 Å². The van der Waals surface area contributed by atoms with Gasteiger partial charge < -0.3 is 14.8 Å². The minimum atomic E-state index is -0.0853. The minimum Gasteiger partial charge on any atom is -0.493 e. The molecule has 0 atom stereocenters. The quantitative estimate of drug-likeness (QED) is 0.922. The molecule has 0 spiro atoms. The lowest BCUT2D eigenvalue weighted by molar-refractivity contribution is 0.0951. The summed E-state index contributed by atoms with van der Waals surface area (Å²) in [5, 5.41) is 2.92. The van der Waals surface area contributed by atoms with Crippen LogP contribution in [0.1, 0.15) is 27.0 Å². The van der Waals surface area contributed by atoms with Gasteiger partial charge in [-0.15, -0.1) is 0 Å². The van der Waals surface area contributed by atoms with Crippen LogP contribution in [-0.2, 0) is 6.54 Å². The summed E-state index contributed by atoms with van der Waals surface area (Å²) in [6.45, 7) is 4.47. The molecule has 2 rings (SSSR count). The molecule has 0 radical (unpaired) electrons. The van der Waals surface area contributed by atoms with Gasteiger partial charge in [-0.05, 0) is 54.8 Å². The number of hydrogen-bond acceptors (Lipinski definition) is 3. The van der Waals surface area contributed by atoms with Crippen molar-refractivity contribution in [2.75, 3.05) is 14.2 Å². The number of carbonyl (C=O) groups excluding carboxylic acids is 1. The molecule has 2 aromatic carbocycles. The van der Waals surface area contributed by atoms with Crippen molar-refractivity contribution >= 4 is 5.91 Å². The van der Waals surface area contributed by atoms with Crippen molar-refractivity contribution in [2.24, 2.45) is 0 Å². The fourth-order valence-corrected chi connectivity index (χ4v) is 2.16. The molecule has 0 heterocycles. The molecule has 0 aromatic heterocycles. The van der Waals surface area contributed by atoms with Gasteiger partial charge in [0.1, 0.15) is 0 Å². The first-order chi connectivity index (χ1) is 10.5. The Morgan fingerprint density at radius 3 is 2.32 bits per heavy atom. The fraction of sp³-hybridized carbons (Fsp3) is 0.278. The maximum absolute atomic E-state index is 12.2. The molecule has 0 bridgehead atoms. The van der Waals surface area contributed by atoms with E-state index in [4.69, 9.17) is 9.47 Å². The molecule has 0 unspecified atom stereocenters. The van der Waals surface area contributed by atoms with Crippen LogP contribution in [0, 0.1) is 13.8 Å². The number of carbonyl (C=O) groups is 1. The molecule has 116 valence electrons. The van der Waals surface area contributed by atoms with E-state index < -0.39 is 0 Å². The second-order valence-electron chi connectivity index (χ2n) is 5.17. The van der Waals surface area contributed by atoms with Crippen LogP contribution in [0.3, 0.4) is 0 Å². The van der Waals surface area contributed by atoms with Gasteiger partial charge in [0, 0.05) is 12.1 Å². The van der Waals surface area contributed by atoms with Crippen LogP contribution < -0.4 is 14.8 Å². The number of hydrogen-bond donors (Lipinski definition) is 1. The lowest BCUT2D eigenvalue weighted by Crippen LogP contribution is -2.22. The summed E-state index contributed by atoms with van der Waals surface area (Å²) in [5.74, 6) is 1.24. The smallest absolute Gasteiger partial charge is 0.251 e. The first-order valence-electron chi connectivity index (χ1n) is 7.11. The number of nitrogens with one attached hydrogen (secondary N) is 1. The molecule has 0 saturated carbocycles. The molecule has 0 aliphatic heterocycles. The van der Waals surface area contributed by atoms with Gasteiger partial charge in [-0.1, -0.05) is 12.1 Å². The van der Waals surface area contributed by atoms with Gasteiger partial charge in [0.05, 0.1) is 14.2 Å². The van der Waals surface area contributed by atoms with E-state index in [1.807, 2.05) is 50.2 Å². The molecule has 0 saturated heterocycles. The van der Waals surface area contributed by atoms with Crippen LogP contribution in [0.2, 0.25) is 0 Å². The van der Waals surface area contributed by atoms with E-state index in [9.17, 15) is 4.79 Å². The van der Waals surface area contributed by atoms with Gasteiger partial charge in [-0.25, -0.2) is 0 Å². The summed E-state index contributed by atoms with van der Waals surface area (Å²) in [4.78, 5) is 12.2. The average Bonchev–Trinajstić information content (AvgIpc) is 2.54. The van der Waals surface area contributed by atoms with Crippen molar-refractivity contribution < 1.29 is 14.3 Å². The predicted molar refractivity (Wildman–Crippen MR) is 86.6 cm³/mol. The lowest BCUT2D eigenvalue weighted by Gasteiger charge is -2.11. The van der Waals surface area contributed by atoms with Gasteiger partial charge in [-0.3, -0.25) is 4.79 Å². The highest BCUT2D eigenvalue weighted by atomic mass is 16.5. The molecular weight excluding hydrogens is 278 g/mol. The standard InChI is InChI=1S/C18H21NO3/c1-12-5-7-15(9-13(12)2)18(20)19-11-14-6-8-16(21-3)17(10-14)22-4/h5-10H,11H2,1-4H3,(H,19,20). The molecule has 0 aliphatic rings. The van der Waals surface area contributed by atoms with Crippen LogP contribution in [0.25, 0.3) is 0 Å². The number of ether oxygens (including phenoxy) is 2. The Kier molecular flexibility index (Phi) is 5.04. The summed E-state index contributed by atoms with van der Waals surface area (Å²) < 4.78 is 10.5. The maximum Gasteiger partial charge on any atom is 0.251 e. The Bertz CT molecular complexity index is 680. The Hall–Kier alpha value is -2.49. The number of amides is 1. The second-order valence-corrected chi connectivity index (χ2v) is 5.17. The van der Waals surface area contributed by atoms with Crippen LogP contribution in [0.15, 0.2) is 36.4 Å². The monoisotopic (exact) mass is 299 g/mol. The predicted octanol–water partition coefficient (Wildman–Crippen LogP) is 3.25. The topological polar surface area (TPSA) is 47.6 Å². The Balaban J connectivity index is 2.06. The van der Waals surface area contributed by atoms with Crippen molar-refractivity contribution in [3.8, 4) is 11.5 Å². The number of methoxy groups -OCH3 is 2. The maximum atomic E-state index is 12.2. The zero-order valence-electron chi connectivity index (χ0n) is 13.4. The van der Waals surface area contributed by atoms with Crippen LogP contribution >= 0.6 is 0 Å². The van der Waals surface area contributed by atoms with Crippen LogP contribution in [0.5, 0.6) is 11.5 Å². The second kappa shape index (κ2) is 6.98. The normalized spacial score (nSPS) is 10.2. The molecule has 4 heteroatoms. The van der Waals surface area contributed by atoms with Gasteiger partial charge >= 0.3 is 0 Å². The summed E-state index contributed by atoms with van der Waals surface area (Å²) in [5.41, 5.74) is 3.91. The van der Waals surface area contributed by atoms with E-state index >= 15 is 0 Å². The average molecular weight is 299 g/mol. The third kappa shape index (κ3) is 3.58. The highest BCUT2D eigenvalue weighted by Crippen LogP contribution is 2.27. The van der Waals surface area contributed by atoms with Gasteiger partial charge in [0.2, 0.25) is 0 Å². The lowest BCUT2D eigenvalue weighted by atomic mass is 10.1. The van der Waals surface area contributed by atoms with Crippen LogP contribution in [0.4, 0.5) is 0 Å². The van der Waals surface area contributed by atoms with E-state index in [0.29, 0.717) is 23.6 Å². The molecule has 1 N–H and O–H groups in total.